The Balaban J connectivity index is 3.60. The standard InChI is InChI=1S/C10H17N2O3P/c1-2-14-16(13)15-8-6-10(9-12)5-3-4-7-11/h10,16H,2-6,8H2,1H3. The lowest BCUT2D eigenvalue weighted by Gasteiger charge is -2.08. The fourth-order valence-electron chi connectivity index (χ4n) is 1.14. The van der Waals surface area contributed by atoms with Crippen LogP contribution in [-0.4, -0.2) is 13.2 Å². The Kier molecular flexibility index (Phi) is 10.1. The van der Waals surface area contributed by atoms with Crippen molar-refractivity contribution in [3.63, 3.8) is 0 Å². The SMILES string of the molecule is CCO[PH](=O)OCCC(C#N)CCCC#N. The largest absolute Gasteiger partial charge is 0.319 e. The van der Waals surface area contributed by atoms with Crippen LogP contribution < -0.4 is 0 Å². The normalized spacial score (nSPS) is 13.7. The number of hydrogen-bond donors (Lipinski definition) is 0. The lowest BCUT2D eigenvalue weighted by Crippen LogP contribution is -2.01. The van der Waals surface area contributed by atoms with E-state index in [2.05, 4.69) is 6.07 Å². The molecule has 0 N–H and O–H groups in total. The van der Waals surface area contributed by atoms with Crippen molar-refractivity contribution in [1.82, 2.24) is 0 Å². The summed E-state index contributed by atoms with van der Waals surface area (Å²) in [5.41, 5.74) is 0. The maximum absolute atomic E-state index is 11.0. The molecule has 0 aliphatic heterocycles. The second-order valence-corrected chi connectivity index (χ2v) is 4.27. The zero-order chi connectivity index (χ0) is 12.2. The predicted octanol–water partition coefficient (Wildman–Crippen LogP) is 2.65. The van der Waals surface area contributed by atoms with Crippen LogP contribution >= 0.6 is 8.25 Å². The summed E-state index contributed by atoms with van der Waals surface area (Å²) in [5, 5.41) is 17.2. The Morgan fingerprint density at radius 2 is 2.06 bits per heavy atom. The first-order chi connectivity index (χ1) is 7.74. The lowest BCUT2D eigenvalue weighted by molar-refractivity contribution is 0.223. The molecule has 2 unspecified atom stereocenters. The maximum Gasteiger partial charge on any atom is 0.319 e. The van der Waals surface area contributed by atoms with Crippen molar-refractivity contribution in [3.8, 4) is 12.1 Å². The predicted molar refractivity (Wildman–Crippen MR) is 59.8 cm³/mol. The van der Waals surface area contributed by atoms with Crippen LogP contribution in [0.1, 0.15) is 32.6 Å². The maximum atomic E-state index is 11.0. The first-order valence-corrected chi connectivity index (χ1v) is 6.53. The molecule has 0 aromatic carbocycles. The van der Waals surface area contributed by atoms with Gasteiger partial charge in [-0.05, 0) is 26.2 Å². The number of unbranched alkanes of at least 4 members (excludes halogenated alkanes) is 1. The van der Waals surface area contributed by atoms with Crippen LogP contribution in [0.25, 0.3) is 0 Å². The van der Waals surface area contributed by atoms with Crippen molar-refractivity contribution >= 4 is 8.25 Å². The first-order valence-electron chi connectivity index (χ1n) is 5.30. The van der Waals surface area contributed by atoms with Gasteiger partial charge in [-0.3, -0.25) is 4.57 Å². The van der Waals surface area contributed by atoms with Gasteiger partial charge >= 0.3 is 8.25 Å². The quantitative estimate of drug-likeness (QED) is 0.460. The van der Waals surface area contributed by atoms with E-state index < -0.39 is 8.25 Å². The van der Waals surface area contributed by atoms with Crippen molar-refractivity contribution in [3.05, 3.63) is 0 Å². The second-order valence-electron chi connectivity index (χ2n) is 3.20. The summed E-state index contributed by atoms with van der Waals surface area (Å²) < 4.78 is 20.7. The van der Waals surface area contributed by atoms with E-state index in [1.54, 1.807) is 6.92 Å². The van der Waals surface area contributed by atoms with Gasteiger partial charge in [0.1, 0.15) is 0 Å². The summed E-state index contributed by atoms with van der Waals surface area (Å²) in [4.78, 5) is 0. The minimum absolute atomic E-state index is 0.134. The van der Waals surface area contributed by atoms with E-state index in [-0.39, 0.29) is 12.5 Å². The molecule has 0 bridgehead atoms. The lowest BCUT2D eigenvalue weighted by atomic mass is 10.0. The van der Waals surface area contributed by atoms with Gasteiger partial charge in [0, 0.05) is 12.3 Å². The highest BCUT2D eigenvalue weighted by atomic mass is 31.1. The second kappa shape index (κ2) is 10.6. The van der Waals surface area contributed by atoms with Crippen LogP contribution in [0.15, 0.2) is 0 Å². The Morgan fingerprint density at radius 1 is 1.31 bits per heavy atom. The van der Waals surface area contributed by atoms with Crippen molar-refractivity contribution < 1.29 is 13.6 Å². The van der Waals surface area contributed by atoms with Crippen molar-refractivity contribution in [1.29, 1.82) is 10.5 Å². The van der Waals surface area contributed by atoms with Crippen LogP contribution in [0, 0.1) is 28.6 Å². The molecule has 0 heterocycles. The molecule has 0 rings (SSSR count). The molecule has 0 radical (unpaired) electrons. The fraction of sp³-hybridized carbons (Fsp3) is 0.800. The van der Waals surface area contributed by atoms with E-state index in [0.29, 0.717) is 25.9 Å². The number of hydrogen-bond acceptors (Lipinski definition) is 5. The molecule has 0 saturated carbocycles. The molecular weight excluding hydrogens is 227 g/mol. The van der Waals surface area contributed by atoms with Crippen LogP contribution in [-0.2, 0) is 13.6 Å². The summed E-state index contributed by atoms with van der Waals surface area (Å²) in [5.74, 6) is -0.134. The van der Waals surface area contributed by atoms with Crippen LogP contribution in [0.5, 0.6) is 0 Å². The molecule has 6 heteroatoms. The molecule has 5 nitrogen and oxygen atoms in total. The Morgan fingerprint density at radius 3 is 2.62 bits per heavy atom. The molecule has 0 aliphatic carbocycles. The fourth-order valence-corrected chi connectivity index (χ4v) is 1.75. The average Bonchev–Trinajstić information content (AvgIpc) is 2.27. The van der Waals surface area contributed by atoms with Gasteiger partial charge in [0.25, 0.3) is 0 Å². The van der Waals surface area contributed by atoms with E-state index in [4.69, 9.17) is 19.6 Å². The first kappa shape index (κ1) is 15.1. The highest BCUT2D eigenvalue weighted by Crippen LogP contribution is 2.24. The summed E-state index contributed by atoms with van der Waals surface area (Å²) >= 11 is 0. The van der Waals surface area contributed by atoms with E-state index in [0.717, 1.165) is 6.42 Å². The third-order valence-electron chi connectivity index (χ3n) is 1.97. The van der Waals surface area contributed by atoms with E-state index in [1.165, 1.54) is 0 Å². The number of nitriles is 2. The summed E-state index contributed by atoms with van der Waals surface area (Å²) in [6.45, 7) is 2.37. The average molecular weight is 244 g/mol. The molecule has 2 atom stereocenters. The summed E-state index contributed by atoms with van der Waals surface area (Å²) in [6.07, 6.45) is 2.40. The van der Waals surface area contributed by atoms with Crippen LogP contribution in [0.3, 0.4) is 0 Å². The van der Waals surface area contributed by atoms with Gasteiger partial charge in [0.05, 0.1) is 25.4 Å². The summed E-state index contributed by atoms with van der Waals surface area (Å²) in [7, 11) is -2.38. The van der Waals surface area contributed by atoms with Gasteiger partial charge in [-0.15, -0.1) is 0 Å². The molecule has 0 aromatic heterocycles. The molecular formula is C10H17N2O3P. The van der Waals surface area contributed by atoms with Crippen molar-refractivity contribution in [2.24, 2.45) is 5.92 Å². The third-order valence-corrected chi connectivity index (χ3v) is 2.94. The molecule has 0 spiro atoms. The van der Waals surface area contributed by atoms with Crippen molar-refractivity contribution in [2.75, 3.05) is 13.2 Å². The smallest absolute Gasteiger partial charge is 0.311 e. The highest BCUT2D eigenvalue weighted by Gasteiger charge is 2.08. The van der Waals surface area contributed by atoms with Gasteiger partial charge < -0.3 is 9.05 Å². The monoisotopic (exact) mass is 244 g/mol. The minimum atomic E-state index is -2.38. The Labute approximate surface area is 96.9 Å². The molecule has 16 heavy (non-hydrogen) atoms. The summed E-state index contributed by atoms with van der Waals surface area (Å²) in [6, 6.07) is 4.18. The Hall–Kier alpha value is -0.870. The highest BCUT2D eigenvalue weighted by molar-refractivity contribution is 7.33. The minimum Gasteiger partial charge on any atom is -0.311 e. The molecule has 0 aliphatic rings. The van der Waals surface area contributed by atoms with Gasteiger partial charge in [0.15, 0.2) is 0 Å². The number of nitrogens with zero attached hydrogens (tertiary/aromatic N) is 2. The zero-order valence-corrected chi connectivity index (χ0v) is 10.4. The molecule has 0 amide bonds. The van der Waals surface area contributed by atoms with Crippen LogP contribution in [0.2, 0.25) is 0 Å². The third kappa shape index (κ3) is 8.44. The van der Waals surface area contributed by atoms with E-state index >= 15 is 0 Å². The molecule has 90 valence electrons. The van der Waals surface area contributed by atoms with Crippen LogP contribution in [0.4, 0.5) is 0 Å². The van der Waals surface area contributed by atoms with Gasteiger partial charge in [0.2, 0.25) is 0 Å². The van der Waals surface area contributed by atoms with E-state index in [9.17, 15) is 4.57 Å². The Bertz CT molecular complexity index is 283. The number of rotatable bonds is 9. The van der Waals surface area contributed by atoms with Gasteiger partial charge in [-0.1, -0.05) is 0 Å². The zero-order valence-electron chi connectivity index (χ0n) is 9.44. The van der Waals surface area contributed by atoms with E-state index in [1.807, 2.05) is 6.07 Å². The topological polar surface area (TPSA) is 83.1 Å². The van der Waals surface area contributed by atoms with Crippen molar-refractivity contribution in [2.45, 2.75) is 32.6 Å². The molecule has 0 fully saturated rings. The van der Waals surface area contributed by atoms with Gasteiger partial charge in [-0.2, -0.15) is 10.5 Å². The molecule has 0 saturated heterocycles. The van der Waals surface area contributed by atoms with Gasteiger partial charge in [-0.25, -0.2) is 0 Å². The molecule has 0 aromatic rings.